The molecule has 3 rings (SSSR count). The molecule has 1 aliphatic heterocycles. The number of anilines is 1. The number of nitrogens with zero attached hydrogens (tertiary/aromatic N) is 1. The molecule has 2 N–H and O–H groups in total. The van der Waals surface area contributed by atoms with Crippen molar-refractivity contribution in [2.45, 2.75) is 0 Å². The molecule has 88 valence electrons. The first-order chi connectivity index (χ1) is 8.40. The van der Waals surface area contributed by atoms with Crippen molar-refractivity contribution in [1.29, 1.82) is 0 Å². The van der Waals surface area contributed by atoms with Crippen LogP contribution in [0.25, 0.3) is 10.8 Å². The third-order valence-corrected chi connectivity index (χ3v) is 3.21. The molecule has 17 heavy (non-hydrogen) atoms. The van der Waals surface area contributed by atoms with Crippen LogP contribution < -0.4 is 15.4 Å². The molecule has 0 atom stereocenters. The maximum absolute atomic E-state index is 5.83. The van der Waals surface area contributed by atoms with Gasteiger partial charge in [-0.2, -0.15) is 0 Å². The lowest BCUT2D eigenvalue weighted by Crippen LogP contribution is -2.36. The summed E-state index contributed by atoms with van der Waals surface area (Å²) in [5.74, 6) is 1.00. The van der Waals surface area contributed by atoms with Crippen LogP contribution in [0.1, 0.15) is 0 Å². The quantitative estimate of drug-likeness (QED) is 0.854. The average Bonchev–Trinajstić information content (AvgIpc) is 2.39. The highest BCUT2D eigenvalue weighted by molar-refractivity contribution is 5.94. The Balaban J connectivity index is 2.16. The van der Waals surface area contributed by atoms with Gasteiger partial charge in [0.2, 0.25) is 0 Å². The molecule has 0 aromatic heterocycles. The molecule has 3 nitrogen and oxygen atoms in total. The van der Waals surface area contributed by atoms with Gasteiger partial charge in [0.15, 0.2) is 0 Å². The summed E-state index contributed by atoms with van der Waals surface area (Å²) >= 11 is 0. The first-order valence-corrected chi connectivity index (χ1v) is 6.00. The van der Waals surface area contributed by atoms with Gasteiger partial charge in [0.25, 0.3) is 0 Å². The molecule has 2 aromatic rings. The Morgan fingerprint density at radius 1 is 1.18 bits per heavy atom. The van der Waals surface area contributed by atoms with E-state index < -0.39 is 0 Å². The van der Waals surface area contributed by atoms with E-state index in [1.54, 1.807) is 0 Å². The number of fused-ring (bicyclic) bond motifs is 3. The highest BCUT2D eigenvalue weighted by Gasteiger charge is 2.19. The molecule has 0 fully saturated rings. The Morgan fingerprint density at radius 3 is 2.94 bits per heavy atom. The lowest BCUT2D eigenvalue weighted by Gasteiger charge is -2.31. The second kappa shape index (κ2) is 4.26. The topological polar surface area (TPSA) is 38.5 Å². The van der Waals surface area contributed by atoms with E-state index in [0.29, 0.717) is 6.54 Å². The molecular weight excluding hydrogens is 212 g/mol. The number of benzene rings is 2. The first kappa shape index (κ1) is 10.4. The molecule has 1 aliphatic rings. The van der Waals surface area contributed by atoms with E-state index in [9.17, 15) is 0 Å². The molecule has 0 unspecified atom stereocenters. The lowest BCUT2D eigenvalue weighted by atomic mass is 10.1. The normalized spacial score (nSPS) is 14.5. The summed E-state index contributed by atoms with van der Waals surface area (Å²) in [6.07, 6.45) is 0. The first-order valence-electron chi connectivity index (χ1n) is 6.00. The molecule has 0 bridgehead atoms. The van der Waals surface area contributed by atoms with Crippen LogP contribution >= 0.6 is 0 Å². The van der Waals surface area contributed by atoms with Gasteiger partial charge in [-0.1, -0.05) is 30.3 Å². The van der Waals surface area contributed by atoms with Gasteiger partial charge in [-0.25, -0.2) is 0 Å². The largest absolute Gasteiger partial charge is 0.489 e. The third kappa shape index (κ3) is 1.72. The Morgan fingerprint density at radius 2 is 2.06 bits per heavy atom. The fourth-order valence-corrected chi connectivity index (χ4v) is 2.40. The van der Waals surface area contributed by atoms with Crippen molar-refractivity contribution in [3.8, 4) is 5.75 Å². The molecule has 1 heterocycles. The minimum atomic E-state index is 0.673. The molecule has 0 aliphatic carbocycles. The van der Waals surface area contributed by atoms with Crippen molar-refractivity contribution < 1.29 is 4.74 Å². The summed E-state index contributed by atoms with van der Waals surface area (Å²) in [6, 6.07) is 12.6. The van der Waals surface area contributed by atoms with Crippen molar-refractivity contribution in [2.24, 2.45) is 5.73 Å². The average molecular weight is 228 g/mol. The Bertz CT molecular complexity index is 539. The summed E-state index contributed by atoms with van der Waals surface area (Å²) in [4.78, 5) is 2.30. The minimum Gasteiger partial charge on any atom is -0.489 e. The monoisotopic (exact) mass is 228 g/mol. The molecule has 0 saturated heterocycles. The van der Waals surface area contributed by atoms with E-state index in [4.69, 9.17) is 10.5 Å². The van der Waals surface area contributed by atoms with E-state index >= 15 is 0 Å². The van der Waals surface area contributed by atoms with Crippen LogP contribution in [0.2, 0.25) is 0 Å². The van der Waals surface area contributed by atoms with Crippen molar-refractivity contribution in [1.82, 2.24) is 0 Å². The summed E-state index contributed by atoms with van der Waals surface area (Å²) in [5.41, 5.74) is 6.81. The zero-order valence-corrected chi connectivity index (χ0v) is 9.73. The van der Waals surface area contributed by atoms with Gasteiger partial charge in [-0.15, -0.1) is 0 Å². The highest BCUT2D eigenvalue weighted by atomic mass is 16.5. The zero-order valence-electron chi connectivity index (χ0n) is 9.73. The fraction of sp³-hybridized carbons (Fsp3) is 0.286. The second-order valence-corrected chi connectivity index (χ2v) is 4.26. The van der Waals surface area contributed by atoms with E-state index in [-0.39, 0.29) is 0 Å². The molecule has 0 amide bonds. The summed E-state index contributed by atoms with van der Waals surface area (Å²) < 4.78 is 5.83. The molecule has 2 aromatic carbocycles. The van der Waals surface area contributed by atoms with Gasteiger partial charge in [0, 0.05) is 18.5 Å². The second-order valence-electron chi connectivity index (χ2n) is 4.26. The van der Waals surface area contributed by atoms with Gasteiger partial charge in [-0.3, -0.25) is 0 Å². The summed E-state index contributed by atoms with van der Waals surface area (Å²) in [6.45, 7) is 3.21. The Labute approximate surface area is 101 Å². The van der Waals surface area contributed by atoms with Gasteiger partial charge >= 0.3 is 0 Å². The van der Waals surface area contributed by atoms with Crippen molar-refractivity contribution in [3.63, 3.8) is 0 Å². The predicted molar refractivity (Wildman–Crippen MR) is 70.7 cm³/mol. The number of rotatable bonds is 2. The van der Waals surface area contributed by atoms with Gasteiger partial charge in [0.1, 0.15) is 12.4 Å². The zero-order chi connectivity index (χ0) is 11.7. The maximum atomic E-state index is 5.83. The van der Waals surface area contributed by atoms with Crippen LogP contribution in [0.5, 0.6) is 5.75 Å². The van der Waals surface area contributed by atoms with E-state index in [1.807, 2.05) is 6.07 Å². The number of hydrogen-bond donors (Lipinski definition) is 1. The fourth-order valence-electron chi connectivity index (χ4n) is 2.40. The minimum absolute atomic E-state index is 0.673. The van der Waals surface area contributed by atoms with E-state index in [1.165, 1.54) is 16.5 Å². The van der Waals surface area contributed by atoms with Crippen LogP contribution in [0.3, 0.4) is 0 Å². The maximum Gasteiger partial charge on any atom is 0.150 e. The number of ether oxygens (including phenoxy) is 1. The van der Waals surface area contributed by atoms with Crippen molar-refractivity contribution in [2.75, 3.05) is 31.1 Å². The van der Waals surface area contributed by atoms with Crippen LogP contribution in [0.15, 0.2) is 36.4 Å². The Hall–Kier alpha value is -1.74. The van der Waals surface area contributed by atoms with Crippen LogP contribution in [-0.4, -0.2) is 26.2 Å². The molecular formula is C14H16N2O. The van der Waals surface area contributed by atoms with E-state index in [0.717, 1.165) is 25.4 Å². The van der Waals surface area contributed by atoms with Gasteiger partial charge in [-0.05, 0) is 11.5 Å². The number of nitrogens with two attached hydrogens (primary N) is 1. The van der Waals surface area contributed by atoms with Crippen LogP contribution in [0, 0.1) is 0 Å². The van der Waals surface area contributed by atoms with Gasteiger partial charge in [0.05, 0.1) is 12.2 Å². The summed E-state index contributed by atoms with van der Waals surface area (Å²) in [7, 11) is 0. The SMILES string of the molecule is NCCN1CCOc2c1ccc1ccccc21. The number of hydrogen-bond acceptors (Lipinski definition) is 3. The molecule has 3 heteroatoms. The smallest absolute Gasteiger partial charge is 0.150 e. The Kier molecular flexibility index (Phi) is 2.61. The summed E-state index contributed by atoms with van der Waals surface area (Å²) in [5, 5.41) is 2.41. The van der Waals surface area contributed by atoms with Crippen LogP contribution in [-0.2, 0) is 0 Å². The molecule has 0 spiro atoms. The van der Waals surface area contributed by atoms with Crippen molar-refractivity contribution in [3.05, 3.63) is 36.4 Å². The van der Waals surface area contributed by atoms with Crippen LogP contribution in [0.4, 0.5) is 5.69 Å². The lowest BCUT2D eigenvalue weighted by molar-refractivity contribution is 0.312. The predicted octanol–water partition coefficient (Wildman–Crippen LogP) is 2.00. The standard InChI is InChI=1S/C14H16N2O/c15-7-8-16-9-10-17-14-12-4-2-1-3-11(12)5-6-13(14)16/h1-6H,7-10,15H2. The van der Waals surface area contributed by atoms with Gasteiger partial charge < -0.3 is 15.4 Å². The molecule has 0 radical (unpaired) electrons. The van der Waals surface area contributed by atoms with E-state index in [2.05, 4.69) is 35.2 Å². The highest BCUT2D eigenvalue weighted by Crippen LogP contribution is 2.38. The molecule has 0 saturated carbocycles. The third-order valence-electron chi connectivity index (χ3n) is 3.21. The van der Waals surface area contributed by atoms with Crippen molar-refractivity contribution >= 4 is 16.5 Å².